The van der Waals surface area contributed by atoms with Crippen molar-refractivity contribution in [2.24, 2.45) is 5.92 Å². The van der Waals surface area contributed by atoms with E-state index in [9.17, 15) is 5.11 Å². The topological polar surface area (TPSA) is 96.9 Å². The number of ether oxygens (including phenoxy) is 7. The Hall–Kier alpha value is -3.70. The summed E-state index contributed by atoms with van der Waals surface area (Å²) < 4.78 is 40.7. The van der Waals surface area contributed by atoms with Crippen LogP contribution in [-0.4, -0.2) is 84.8 Å². The molecule has 0 aliphatic carbocycles. The molecule has 9 nitrogen and oxygen atoms in total. The van der Waals surface area contributed by atoms with E-state index in [1.807, 2.05) is 48.5 Å². The van der Waals surface area contributed by atoms with E-state index in [0.717, 1.165) is 57.7 Å². The van der Waals surface area contributed by atoms with Gasteiger partial charge in [0.15, 0.2) is 0 Å². The highest BCUT2D eigenvalue weighted by Gasteiger charge is 2.35. The van der Waals surface area contributed by atoms with Gasteiger partial charge >= 0.3 is 0 Å². The zero-order chi connectivity index (χ0) is 33.6. The highest BCUT2D eigenvalue weighted by molar-refractivity contribution is 5.89. The molecular formula is C39H49NO8. The Morgan fingerprint density at radius 1 is 0.792 bits per heavy atom. The summed E-state index contributed by atoms with van der Waals surface area (Å²) in [4.78, 5) is 0. The zero-order valence-corrected chi connectivity index (χ0v) is 28.3. The predicted octanol–water partition coefficient (Wildman–Crippen LogP) is 5.76. The molecule has 258 valence electrons. The van der Waals surface area contributed by atoms with Gasteiger partial charge in [-0.25, -0.2) is 0 Å². The molecule has 0 saturated carbocycles. The normalized spacial score (nSPS) is 18.5. The van der Waals surface area contributed by atoms with Gasteiger partial charge in [0.25, 0.3) is 0 Å². The lowest BCUT2D eigenvalue weighted by Crippen LogP contribution is -2.48. The maximum Gasteiger partial charge on any atom is 0.127 e. The average molecular weight is 660 g/mol. The lowest BCUT2D eigenvalue weighted by Gasteiger charge is -2.39. The highest BCUT2D eigenvalue weighted by Crippen LogP contribution is 2.35. The molecular weight excluding hydrogens is 610 g/mol. The fourth-order valence-electron chi connectivity index (χ4n) is 6.31. The Kier molecular flexibility index (Phi) is 13.9. The van der Waals surface area contributed by atoms with Crippen LogP contribution in [0.5, 0.6) is 17.2 Å². The first-order valence-corrected chi connectivity index (χ1v) is 16.6. The smallest absolute Gasteiger partial charge is 0.127 e. The Morgan fingerprint density at radius 2 is 1.58 bits per heavy atom. The summed E-state index contributed by atoms with van der Waals surface area (Å²) in [6.45, 7) is 4.53. The molecule has 1 fully saturated rings. The number of fused-ring (bicyclic) bond motifs is 1. The predicted molar refractivity (Wildman–Crippen MR) is 186 cm³/mol. The maximum atomic E-state index is 10.1. The first kappa shape index (κ1) is 35.6. The van der Waals surface area contributed by atoms with Gasteiger partial charge in [0, 0.05) is 49.4 Å². The van der Waals surface area contributed by atoms with Gasteiger partial charge in [-0.2, -0.15) is 0 Å². The largest absolute Gasteiger partial charge is 0.496 e. The number of aliphatic hydroxyl groups is 1. The number of methoxy groups -OCH3 is 3. The number of hydrogen-bond acceptors (Lipinski definition) is 9. The molecule has 1 heterocycles. The highest BCUT2D eigenvalue weighted by atomic mass is 16.5. The van der Waals surface area contributed by atoms with Gasteiger partial charge in [-0.05, 0) is 46.8 Å². The molecule has 0 bridgehead atoms. The minimum absolute atomic E-state index is 0.0746. The second-order valence-corrected chi connectivity index (χ2v) is 12.1. The van der Waals surface area contributed by atoms with Crippen molar-refractivity contribution in [3.05, 3.63) is 102 Å². The van der Waals surface area contributed by atoms with Crippen LogP contribution in [0.1, 0.15) is 29.0 Å². The standard InChI is InChI=1S/C39H49NO8/c1-42-26-33(41)27-46-25-32-21-40-22-38(48-23-28-19-30-9-4-6-11-35(30)37(20-28)44-3)39(32)29-13-15-34(16-14-29)47-18-8-17-45-24-31-10-5-7-12-36(31)43-2/h4-7,9-16,19-20,32-33,38-41H,8,17-18,21-27H2,1-3H3/t32?,33-,38+,39?/m1/s1. The van der Waals surface area contributed by atoms with Gasteiger partial charge < -0.3 is 43.6 Å². The van der Waals surface area contributed by atoms with Gasteiger partial charge in [0.05, 0.1) is 66.6 Å². The van der Waals surface area contributed by atoms with Gasteiger partial charge in [0.2, 0.25) is 0 Å². The first-order chi connectivity index (χ1) is 23.6. The van der Waals surface area contributed by atoms with Crippen molar-refractivity contribution in [3.8, 4) is 17.2 Å². The molecule has 1 saturated heterocycles. The van der Waals surface area contributed by atoms with Crippen LogP contribution in [0, 0.1) is 5.92 Å². The molecule has 1 aliphatic heterocycles. The Morgan fingerprint density at radius 3 is 2.40 bits per heavy atom. The van der Waals surface area contributed by atoms with Crippen LogP contribution in [0.2, 0.25) is 0 Å². The van der Waals surface area contributed by atoms with Gasteiger partial charge in [-0.1, -0.05) is 54.6 Å². The number of piperidine rings is 1. The molecule has 4 aromatic carbocycles. The number of nitrogens with one attached hydrogen (secondary N) is 1. The third-order valence-electron chi connectivity index (χ3n) is 8.65. The van der Waals surface area contributed by atoms with E-state index in [0.29, 0.717) is 39.6 Å². The van der Waals surface area contributed by atoms with E-state index in [4.69, 9.17) is 33.2 Å². The summed E-state index contributed by atoms with van der Waals surface area (Å²) >= 11 is 0. The number of para-hydroxylation sites is 1. The van der Waals surface area contributed by atoms with Crippen molar-refractivity contribution >= 4 is 10.8 Å². The molecule has 1 aliphatic rings. The van der Waals surface area contributed by atoms with Gasteiger partial charge in [-0.15, -0.1) is 0 Å². The van der Waals surface area contributed by atoms with Crippen LogP contribution < -0.4 is 19.5 Å². The Bertz CT molecular complexity index is 1530. The molecule has 2 unspecified atom stereocenters. The minimum Gasteiger partial charge on any atom is -0.496 e. The van der Waals surface area contributed by atoms with Crippen LogP contribution in [0.25, 0.3) is 10.8 Å². The lowest BCUT2D eigenvalue weighted by atomic mass is 9.79. The summed E-state index contributed by atoms with van der Waals surface area (Å²) in [5.41, 5.74) is 3.25. The van der Waals surface area contributed by atoms with Crippen molar-refractivity contribution in [2.45, 2.75) is 37.8 Å². The summed E-state index contributed by atoms with van der Waals surface area (Å²) in [6.07, 6.45) is 0.0124. The first-order valence-electron chi connectivity index (χ1n) is 16.6. The monoisotopic (exact) mass is 659 g/mol. The van der Waals surface area contributed by atoms with Crippen LogP contribution in [0.3, 0.4) is 0 Å². The molecule has 4 atom stereocenters. The van der Waals surface area contributed by atoms with E-state index in [1.54, 1.807) is 21.3 Å². The fraction of sp³-hybridized carbons (Fsp3) is 0.436. The molecule has 4 aromatic rings. The van der Waals surface area contributed by atoms with E-state index in [1.165, 1.54) is 0 Å². The van der Waals surface area contributed by atoms with Crippen molar-refractivity contribution in [1.82, 2.24) is 5.32 Å². The maximum absolute atomic E-state index is 10.1. The van der Waals surface area contributed by atoms with E-state index >= 15 is 0 Å². The second kappa shape index (κ2) is 18.7. The van der Waals surface area contributed by atoms with E-state index in [-0.39, 0.29) is 31.2 Å². The van der Waals surface area contributed by atoms with Crippen molar-refractivity contribution in [3.63, 3.8) is 0 Å². The number of aliphatic hydroxyl groups excluding tert-OH is 1. The van der Waals surface area contributed by atoms with Crippen LogP contribution >= 0.6 is 0 Å². The van der Waals surface area contributed by atoms with E-state index < -0.39 is 6.10 Å². The zero-order valence-electron chi connectivity index (χ0n) is 28.3. The van der Waals surface area contributed by atoms with Crippen LogP contribution in [0.15, 0.2) is 84.9 Å². The Balaban J connectivity index is 1.20. The molecule has 48 heavy (non-hydrogen) atoms. The van der Waals surface area contributed by atoms with Crippen molar-refractivity contribution < 1.29 is 38.3 Å². The molecule has 0 radical (unpaired) electrons. The summed E-state index contributed by atoms with van der Waals surface area (Å²) in [5, 5.41) is 15.9. The van der Waals surface area contributed by atoms with Crippen molar-refractivity contribution in [1.29, 1.82) is 0 Å². The third-order valence-corrected chi connectivity index (χ3v) is 8.65. The fourth-order valence-corrected chi connectivity index (χ4v) is 6.31. The quantitative estimate of drug-likeness (QED) is 0.122. The minimum atomic E-state index is -0.664. The molecule has 2 N–H and O–H groups in total. The van der Waals surface area contributed by atoms with E-state index in [2.05, 4.69) is 41.7 Å². The molecule has 9 heteroatoms. The van der Waals surface area contributed by atoms with Crippen LogP contribution in [-0.2, 0) is 32.2 Å². The summed E-state index contributed by atoms with van der Waals surface area (Å²) in [7, 11) is 4.94. The lowest BCUT2D eigenvalue weighted by molar-refractivity contribution is -0.0449. The third kappa shape index (κ3) is 9.92. The number of rotatable bonds is 19. The Labute approximate surface area is 284 Å². The van der Waals surface area contributed by atoms with Crippen LogP contribution in [0.4, 0.5) is 0 Å². The summed E-state index contributed by atoms with van der Waals surface area (Å²) in [6, 6.07) is 28.6. The average Bonchev–Trinajstić information content (AvgIpc) is 3.12. The van der Waals surface area contributed by atoms with Crippen molar-refractivity contribution in [2.75, 3.05) is 67.5 Å². The molecule has 0 spiro atoms. The number of benzene rings is 4. The SMILES string of the molecule is COC[C@@H](O)COCC1CNC[C@H](OCc2cc(OC)c3ccccc3c2)C1c1ccc(OCCCOCc2ccccc2OC)cc1. The summed E-state index contributed by atoms with van der Waals surface area (Å²) in [5.74, 6) is 2.70. The number of hydrogen-bond donors (Lipinski definition) is 2. The van der Waals surface area contributed by atoms with Gasteiger partial charge in [0.1, 0.15) is 23.4 Å². The molecule has 5 rings (SSSR count). The van der Waals surface area contributed by atoms with Gasteiger partial charge in [-0.3, -0.25) is 0 Å². The molecule has 0 amide bonds. The molecule has 0 aromatic heterocycles. The second-order valence-electron chi connectivity index (χ2n) is 12.1.